The highest BCUT2D eigenvalue weighted by molar-refractivity contribution is 6.34. The molecule has 0 atom stereocenters. The first-order valence-corrected chi connectivity index (χ1v) is 6.93. The Hall–Kier alpha value is -1.35. The molecular weight excluding hydrogens is 262 g/mol. The number of rotatable bonds is 7. The number of amides is 1. The van der Waals surface area contributed by atoms with Gasteiger partial charge in [-0.15, -0.1) is 0 Å². The Morgan fingerprint density at radius 3 is 2.53 bits per heavy atom. The fraction of sp³-hybridized carbons (Fsp3) is 0.467. The highest BCUT2D eigenvalue weighted by Crippen LogP contribution is 2.17. The van der Waals surface area contributed by atoms with E-state index in [1.54, 1.807) is 24.3 Å². The summed E-state index contributed by atoms with van der Waals surface area (Å²) >= 11 is 5.93. The third-order valence-corrected chi connectivity index (χ3v) is 3.13. The lowest BCUT2D eigenvalue weighted by atomic mass is 10.1. The van der Waals surface area contributed by atoms with Crippen LogP contribution in [0.4, 0.5) is 0 Å². The van der Waals surface area contributed by atoms with E-state index >= 15 is 0 Å². The molecule has 4 heteroatoms. The minimum atomic E-state index is -0.0930. The Balaban J connectivity index is 2.34. The number of halogens is 1. The molecule has 19 heavy (non-hydrogen) atoms. The van der Waals surface area contributed by atoms with Crippen molar-refractivity contribution in [1.29, 1.82) is 0 Å². The molecule has 0 aliphatic rings. The van der Waals surface area contributed by atoms with Crippen molar-refractivity contribution in [2.24, 2.45) is 5.92 Å². The number of carbonyl (C=O) groups excluding carboxylic acids is 2. The van der Waals surface area contributed by atoms with E-state index in [1.165, 1.54) is 0 Å². The van der Waals surface area contributed by atoms with Crippen molar-refractivity contribution in [1.82, 2.24) is 5.32 Å². The van der Waals surface area contributed by atoms with Crippen molar-refractivity contribution in [3.8, 4) is 0 Å². The maximum atomic E-state index is 11.9. The summed E-state index contributed by atoms with van der Waals surface area (Å²) in [5.74, 6) is 0.385. The lowest BCUT2D eigenvalue weighted by molar-refractivity contribution is -0.121. The van der Waals surface area contributed by atoms with Gasteiger partial charge in [-0.3, -0.25) is 9.59 Å². The van der Waals surface area contributed by atoms with Gasteiger partial charge in [0.2, 0.25) is 5.91 Å². The first-order valence-electron chi connectivity index (χ1n) is 6.55. The van der Waals surface area contributed by atoms with Crippen LogP contribution < -0.4 is 5.32 Å². The quantitative estimate of drug-likeness (QED) is 0.778. The van der Waals surface area contributed by atoms with Crippen LogP contribution in [0.2, 0.25) is 5.02 Å². The molecule has 104 valence electrons. The largest absolute Gasteiger partial charge is 0.356 e. The average molecular weight is 282 g/mol. The number of carbonyl (C=O) groups is 2. The summed E-state index contributed by atoms with van der Waals surface area (Å²) in [5, 5.41) is 3.25. The van der Waals surface area contributed by atoms with Crippen molar-refractivity contribution in [2.75, 3.05) is 6.54 Å². The van der Waals surface area contributed by atoms with Crippen molar-refractivity contribution in [3.63, 3.8) is 0 Å². The third kappa shape index (κ3) is 5.88. The number of Topliss-reactive ketones (excluding diaryl/α,β-unsaturated/α-hetero) is 1. The predicted octanol–water partition coefficient (Wildman–Crippen LogP) is 3.47. The van der Waals surface area contributed by atoms with Crippen LogP contribution in [0.25, 0.3) is 0 Å². The van der Waals surface area contributed by atoms with Gasteiger partial charge in [-0.2, -0.15) is 0 Å². The molecule has 0 saturated heterocycles. The minimum absolute atomic E-state index is 0.0824. The van der Waals surface area contributed by atoms with Crippen LogP contribution >= 0.6 is 11.6 Å². The maximum Gasteiger partial charge on any atom is 0.220 e. The van der Waals surface area contributed by atoms with Gasteiger partial charge >= 0.3 is 0 Å². The van der Waals surface area contributed by atoms with E-state index in [1.807, 2.05) is 0 Å². The Morgan fingerprint density at radius 1 is 1.21 bits per heavy atom. The molecule has 0 aromatic heterocycles. The van der Waals surface area contributed by atoms with E-state index in [9.17, 15) is 9.59 Å². The SMILES string of the molecule is CC(C)CCNC(=O)CCC(=O)c1ccccc1Cl. The van der Waals surface area contributed by atoms with Crippen LogP contribution in [0.1, 0.15) is 43.5 Å². The first kappa shape index (κ1) is 15.7. The molecule has 0 aliphatic carbocycles. The predicted molar refractivity (Wildman–Crippen MR) is 77.5 cm³/mol. The van der Waals surface area contributed by atoms with Gasteiger partial charge in [0.05, 0.1) is 5.02 Å². The summed E-state index contributed by atoms with van der Waals surface area (Å²) in [6, 6.07) is 6.90. The molecule has 0 saturated carbocycles. The average Bonchev–Trinajstić information content (AvgIpc) is 2.36. The fourth-order valence-electron chi connectivity index (χ4n) is 1.64. The van der Waals surface area contributed by atoms with E-state index in [0.717, 1.165) is 6.42 Å². The number of ketones is 1. The van der Waals surface area contributed by atoms with Crippen molar-refractivity contribution >= 4 is 23.3 Å². The van der Waals surface area contributed by atoms with Crippen molar-refractivity contribution < 1.29 is 9.59 Å². The topological polar surface area (TPSA) is 46.2 Å². The summed E-state index contributed by atoms with van der Waals surface area (Å²) in [6.07, 6.45) is 1.35. The smallest absolute Gasteiger partial charge is 0.220 e. The number of nitrogens with one attached hydrogen (secondary N) is 1. The molecule has 1 rings (SSSR count). The molecule has 0 fully saturated rings. The molecule has 0 unspecified atom stereocenters. The lowest BCUT2D eigenvalue weighted by Crippen LogP contribution is -2.25. The zero-order valence-electron chi connectivity index (χ0n) is 11.4. The van der Waals surface area contributed by atoms with Gasteiger partial charge in [-0.1, -0.05) is 37.6 Å². The molecule has 0 spiro atoms. The van der Waals surface area contributed by atoms with Crippen LogP contribution in [-0.2, 0) is 4.79 Å². The molecule has 1 aromatic rings. The number of hydrogen-bond donors (Lipinski definition) is 1. The molecule has 1 amide bonds. The van der Waals surface area contributed by atoms with Gasteiger partial charge in [0.1, 0.15) is 0 Å². The summed E-state index contributed by atoms with van der Waals surface area (Å²) in [6.45, 7) is 4.87. The van der Waals surface area contributed by atoms with E-state index in [-0.39, 0.29) is 24.5 Å². The van der Waals surface area contributed by atoms with E-state index in [4.69, 9.17) is 11.6 Å². The van der Waals surface area contributed by atoms with Gasteiger partial charge < -0.3 is 5.32 Å². The molecule has 0 radical (unpaired) electrons. The molecule has 0 bridgehead atoms. The Morgan fingerprint density at radius 2 is 1.89 bits per heavy atom. The lowest BCUT2D eigenvalue weighted by Gasteiger charge is -2.07. The van der Waals surface area contributed by atoms with Crippen LogP contribution in [-0.4, -0.2) is 18.2 Å². The van der Waals surface area contributed by atoms with Crippen LogP contribution in [0.5, 0.6) is 0 Å². The van der Waals surface area contributed by atoms with E-state index in [0.29, 0.717) is 23.0 Å². The van der Waals surface area contributed by atoms with Gasteiger partial charge in [0.25, 0.3) is 0 Å². The van der Waals surface area contributed by atoms with E-state index in [2.05, 4.69) is 19.2 Å². The van der Waals surface area contributed by atoms with Crippen LogP contribution in [0, 0.1) is 5.92 Å². The summed E-state index contributed by atoms with van der Waals surface area (Å²) in [7, 11) is 0. The van der Waals surface area contributed by atoms with Crippen LogP contribution in [0.3, 0.4) is 0 Å². The highest BCUT2D eigenvalue weighted by atomic mass is 35.5. The molecule has 3 nitrogen and oxygen atoms in total. The zero-order chi connectivity index (χ0) is 14.3. The van der Waals surface area contributed by atoms with Crippen molar-refractivity contribution in [3.05, 3.63) is 34.9 Å². The maximum absolute atomic E-state index is 11.9. The fourth-order valence-corrected chi connectivity index (χ4v) is 1.88. The minimum Gasteiger partial charge on any atom is -0.356 e. The molecule has 1 aromatic carbocycles. The standard InChI is InChI=1S/C15H20ClNO2/c1-11(2)9-10-17-15(19)8-7-14(18)12-5-3-4-6-13(12)16/h3-6,11H,7-10H2,1-2H3,(H,17,19). The molecule has 1 N–H and O–H groups in total. The summed E-state index contributed by atoms with van der Waals surface area (Å²) in [5.41, 5.74) is 0.485. The number of benzene rings is 1. The second-order valence-electron chi connectivity index (χ2n) is 4.94. The first-order chi connectivity index (χ1) is 9.00. The highest BCUT2D eigenvalue weighted by Gasteiger charge is 2.11. The zero-order valence-corrected chi connectivity index (χ0v) is 12.2. The Bertz CT molecular complexity index is 444. The van der Waals surface area contributed by atoms with Gasteiger partial charge in [0.15, 0.2) is 5.78 Å². The normalized spacial score (nSPS) is 10.5. The Labute approximate surface area is 119 Å². The molecule has 0 aliphatic heterocycles. The molecular formula is C15H20ClNO2. The molecule has 0 heterocycles. The van der Waals surface area contributed by atoms with Gasteiger partial charge in [-0.25, -0.2) is 0 Å². The van der Waals surface area contributed by atoms with E-state index < -0.39 is 0 Å². The second-order valence-corrected chi connectivity index (χ2v) is 5.34. The summed E-state index contributed by atoms with van der Waals surface area (Å²) < 4.78 is 0. The third-order valence-electron chi connectivity index (χ3n) is 2.80. The Kier molecular flexibility index (Phi) is 6.57. The monoisotopic (exact) mass is 281 g/mol. The van der Waals surface area contributed by atoms with Crippen LogP contribution in [0.15, 0.2) is 24.3 Å². The van der Waals surface area contributed by atoms with Gasteiger partial charge in [-0.05, 0) is 24.5 Å². The second kappa shape index (κ2) is 7.95. The van der Waals surface area contributed by atoms with Crippen molar-refractivity contribution in [2.45, 2.75) is 33.1 Å². The number of hydrogen-bond acceptors (Lipinski definition) is 2. The summed E-state index contributed by atoms with van der Waals surface area (Å²) in [4.78, 5) is 23.4. The van der Waals surface area contributed by atoms with Gasteiger partial charge in [0, 0.05) is 24.9 Å².